The number of nitrogens with zero attached hydrogens (tertiary/aromatic N) is 1. The van der Waals surface area contributed by atoms with Gasteiger partial charge in [-0.3, -0.25) is 4.79 Å². The summed E-state index contributed by atoms with van der Waals surface area (Å²) in [7, 11) is 0. The second-order valence-electron chi connectivity index (χ2n) is 4.64. The molecule has 2 nitrogen and oxygen atoms in total. The molecule has 1 rings (SSSR count). The van der Waals surface area contributed by atoms with Crippen LogP contribution in [-0.4, -0.2) is 23.9 Å². The van der Waals surface area contributed by atoms with E-state index in [0.29, 0.717) is 18.9 Å². The summed E-state index contributed by atoms with van der Waals surface area (Å²) >= 11 is 0. The predicted molar refractivity (Wildman–Crippen MR) is 62.2 cm³/mol. The van der Waals surface area contributed by atoms with Crippen molar-refractivity contribution >= 4 is 5.91 Å². The summed E-state index contributed by atoms with van der Waals surface area (Å²) in [6.45, 7) is 5.58. The average molecular weight is 207 g/mol. The predicted octanol–water partition coefficient (Wildman–Crippen LogP) is 2.29. The van der Waals surface area contributed by atoms with E-state index < -0.39 is 0 Å². The summed E-state index contributed by atoms with van der Waals surface area (Å²) in [6, 6.07) is 0. The summed E-state index contributed by atoms with van der Waals surface area (Å²) < 4.78 is 0. The van der Waals surface area contributed by atoms with Crippen LogP contribution in [0.5, 0.6) is 0 Å². The fraction of sp³-hybridized carbons (Fsp3) is 0.769. The van der Waals surface area contributed by atoms with E-state index in [1.165, 1.54) is 12.8 Å². The molecule has 0 aliphatic heterocycles. The molecule has 15 heavy (non-hydrogen) atoms. The lowest BCUT2D eigenvalue weighted by Crippen LogP contribution is -2.34. The fourth-order valence-corrected chi connectivity index (χ4v) is 1.55. The van der Waals surface area contributed by atoms with Gasteiger partial charge in [0.2, 0.25) is 5.91 Å². The first kappa shape index (κ1) is 12.1. The third kappa shape index (κ3) is 4.38. The van der Waals surface area contributed by atoms with Gasteiger partial charge in [0.25, 0.3) is 0 Å². The molecule has 1 aliphatic carbocycles. The Morgan fingerprint density at radius 3 is 2.73 bits per heavy atom. The van der Waals surface area contributed by atoms with Gasteiger partial charge in [-0.15, -0.1) is 6.42 Å². The molecule has 1 atom stereocenters. The smallest absolute Gasteiger partial charge is 0.223 e. The molecule has 1 amide bonds. The van der Waals surface area contributed by atoms with E-state index in [9.17, 15) is 4.79 Å². The van der Waals surface area contributed by atoms with Gasteiger partial charge in [0.1, 0.15) is 0 Å². The Morgan fingerprint density at radius 2 is 2.27 bits per heavy atom. The van der Waals surface area contributed by atoms with Crippen LogP contribution in [0.1, 0.15) is 39.5 Å². The van der Waals surface area contributed by atoms with Gasteiger partial charge >= 0.3 is 0 Å². The first-order chi connectivity index (χ1) is 7.17. The van der Waals surface area contributed by atoms with Crippen LogP contribution in [0, 0.1) is 24.2 Å². The molecular formula is C13H21NO. The molecule has 1 unspecified atom stereocenters. The van der Waals surface area contributed by atoms with Crippen molar-refractivity contribution in [2.75, 3.05) is 13.1 Å². The summed E-state index contributed by atoms with van der Waals surface area (Å²) in [5.74, 6) is 4.00. The highest BCUT2D eigenvalue weighted by Gasteiger charge is 2.26. The zero-order valence-corrected chi connectivity index (χ0v) is 9.83. The van der Waals surface area contributed by atoms with Crippen molar-refractivity contribution in [3.8, 4) is 12.3 Å². The lowest BCUT2D eigenvalue weighted by Gasteiger charge is -2.21. The van der Waals surface area contributed by atoms with Crippen LogP contribution in [0.2, 0.25) is 0 Å². The quantitative estimate of drug-likeness (QED) is 0.612. The van der Waals surface area contributed by atoms with Crippen molar-refractivity contribution < 1.29 is 4.79 Å². The second kappa shape index (κ2) is 5.80. The minimum atomic E-state index is 0.231. The zero-order chi connectivity index (χ0) is 11.3. The number of amides is 1. The Kier molecular flexibility index (Phi) is 4.68. The molecular weight excluding hydrogens is 186 g/mol. The van der Waals surface area contributed by atoms with E-state index in [1.807, 2.05) is 4.90 Å². The average Bonchev–Trinajstić information content (AvgIpc) is 3.00. The van der Waals surface area contributed by atoms with Crippen LogP contribution in [0.15, 0.2) is 0 Å². The van der Waals surface area contributed by atoms with Gasteiger partial charge in [0.15, 0.2) is 0 Å². The SMILES string of the molecule is C#CCN(CC1CC1)C(=O)CC(C)CC. The highest BCUT2D eigenvalue weighted by atomic mass is 16.2. The van der Waals surface area contributed by atoms with Gasteiger partial charge in [-0.05, 0) is 24.7 Å². The number of carbonyl (C=O) groups is 1. The molecule has 0 N–H and O–H groups in total. The molecule has 84 valence electrons. The molecule has 0 spiro atoms. The Labute approximate surface area is 93.0 Å². The highest BCUT2D eigenvalue weighted by molar-refractivity contribution is 5.76. The van der Waals surface area contributed by atoms with E-state index in [-0.39, 0.29) is 5.91 Å². The number of rotatable bonds is 6. The Bertz CT molecular complexity index is 250. The lowest BCUT2D eigenvalue weighted by molar-refractivity contribution is -0.131. The first-order valence-corrected chi connectivity index (χ1v) is 5.88. The fourth-order valence-electron chi connectivity index (χ4n) is 1.55. The summed E-state index contributed by atoms with van der Waals surface area (Å²) in [5, 5.41) is 0. The number of hydrogen-bond acceptors (Lipinski definition) is 1. The van der Waals surface area contributed by atoms with Crippen molar-refractivity contribution in [3.63, 3.8) is 0 Å². The monoisotopic (exact) mass is 207 g/mol. The summed E-state index contributed by atoms with van der Waals surface area (Å²) in [4.78, 5) is 13.7. The lowest BCUT2D eigenvalue weighted by atomic mass is 10.0. The van der Waals surface area contributed by atoms with Crippen molar-refractivity contribution in [3.05, 3.63) is 0 Å². The number of carbonyl (C=O) groups excluding carboxylic acids is 1. The Balaban J connectivity index is 2.39. The van der Waals surface area contributed by atoms with Gasteiger partial charge < -0.3 is 4.90 Å². The van der Waals surface area contributed by atoms with Crippen molar-refractivity contribution in [2.45, 2.75) is 39.5 Å². The van der Waals surface area contributed by atoms with Crippen molar-refractivity contribution in [1.29, 1.82) is 0 Å². The van der Waals surface area contributed by atoms with E-state index in [2.05, 4.69) is 19.8 Å². The maximum absolute atomic E-state index is 11.9. The summed E-state index contributed by atoms with van der Waals surface area (Å²) in [5.41, 5.74) is 0. The largest absolute Gasteiger partial charge is 0.331 e. The first-order valence-electron chi connectivity index (χ1n) is 5.88. The number of hydrogen-bond donors (Lipinski definition) is 0. The van der Waals surface area contributed by atoms with E-state index in [1.54, 1.807) is 0 Å². The van der Waals surface area contributed by atoms with Crippen LogP contribution >= 0.6 is 0 Å². The highest BCUT2D eigenvalue weighted by Crippen LogP contribution is 2.30. The molecule has 0 aromatic carbocycles. The molecule has 1 saturated carbocycles. The minimum Gasteiger partial charge on any atom is -0.331 e. The summed E-state index contributed by atoms with van der Waals surface area (Å²) in [6.07, 6.45) is 9.50. The molecule has 0 aromatic rings. The maximum Gasteiger partial charge on any atom is 0.223 e. The topological polar surface area (TPSA) is 20.3 Å². The molecule has 0 saturated heterocycles. The zero-order valence-electron chi connectivity index (χ0n) is 9.83. The molecule has 0 radical (unpaired) electrons. The Morgan fingerprint density at radius 1 is 1.60 bits per heavy atom. The normalized spacial score (nSPS) is 16.9. The van der Waals surface area contributed by atoms with Crippen LogP contribution in [0.4, 0.5) is 0 Å². The maximum atomic E-state index is 11.9. The molecule has 1 fully saturated rings. The van der Waals surface area contributed by atoms with Gasteiger partial charge in [-0.1, -0.05) is 26.2 Å². The van der Waals surface area contributed by atoms with E-state index >= 15 is 0 Å². The molecule has 0 aromatic heterocycles. The van der Waals surface area contributed by atoms with E-state index in [4.69, 9.17) is 6.42 Å². The van der Waals surface area contributed by atoms with Gasteiger partial charge in [0.05, 0.1) is 6.54 Å². The number of terminal acetylenes is 1. The van der Waals surface area contributed by atoms with Crippen molar-refractivity contribution in [1.82, 2.24) is 4.90 Å². The van der Waals surface area contributed by atoms with Crippen molar-refractivity contribution in [2.24, 2.45) is 11.8 Å². The van der Waals surface area contributed by atoms with Crippen LogP contribution < -0.4 is 0 Å². The van der Waals surface area contributed by atoms with Crippen LogP contribution in [0.25, 0.3) is 0 Å². The molecule has 2 heteroatoms. The Hall–Kier alpha value is -0.970. The second-order valence-corrected chi connectivity index (χ2v) is 4.64. The molecule has 0 bridgehead atoms. The minimum absolute atomic E-state index is 0.231. The third-order valence-corrected chi connectivity index (χ3v) is 3.03. The van der Waals surface area contributed by atoms with Gasteiger partial charge in [-0.25, -0.2) is 0 Å². The third-order valence-electron chi connectivity index (χ3n) is 3.03. The molecule has 1 aliphatic rings. The van der Waals surface area contributed by atoms with Gasteiger partial charge in [-0.2, -0.15) is 0 Å². The van der Waals surface area contributed by atoms with Crippen LogP contribution in [0.3, 0.4) is 0 Å². The standard InChI is InChI=1S/C13H21NO/c1-4-8-14(10-12-6-7-12)13(15)9-11(3)5-2/h1,11-12H,5-10H2,2-3H3. The van der Waals surface area contributed by atoms with Gasteiger partial charge in [0, 0.05) is 13.0 Å². The van der Waals surface area contributed by atoms with E-state index in [0.717, 1.165) is 18.9 Å². The molecule has 0 heterocycles. The van der Waals surface area contributed by atoms with Crippen LogP contribution in [-0.2, 0) is 4.79 Å².